The summed E-state index contributed by atoms with van der Waals surface area (Å²) in [6.07, 6.45) is 0.902. The average molecular weight is 634 g/mol. The van der Waals surface area contributed by atoms with Gasteiger partial charge in [-0.2, -0.15) is 13.2 Å². The molecule has 0 fully saturated rings. The van der Waals surface area contributed by atoms with Gasteiger partial charge in [-0.1, -0.05) is 42.3 Å². The van der Waals surface area contributed by atoms with Gasteiger partial charge in [0.05, 0.1) is 35.6 Å². The molecule has 1 aliphatic heterocycles. The molecule has 3 aromatic heterocycles. The molecule has 2 aromatic carbocycles. The summed E-state index contributed by atoms with van der Waals surface area (Å²) in [5.74, 6) is -0.346. The van der Waals surface area contributed by atoms with Gasteiger partial charge in [-0.05, 0) is 67.3 Å². The minimum Gasteiger partial charge on any atom is -0.325 e. The van der Waals surface area contributed by atoms with Crippen LogP contribution in [0.3, 0.4) is 0 Å². The average Bonchev–Trinajstić information content (AvgIpc) is 3.50. The van der Waals surface area contributed by atoms with E-state index in [1.807, 2.05) is 44.2 Å². The van der Waals surface area contributed by atoms with E-state index in [1.54, 1.807) is 6.20 Å². The highest BCUT2D eigenvalue weighted by atomic mass is 35.5. The molecule has 2 atom stereocenters. The first-order chi connectivity index (χ1) is 21.5. The molecule has 2 bridgehead atoms. The van der Waals surface area contributed by atoms with Gasteiger partial charge >= 0.3 is 6.18 Å². The number of carbonyl (C=O) groups is 1. The number of nitrogens with one attached hydrogen (secondary N) is 1. The molecule has 0 saturated heterocycles. The lowest BCUT2D eigenvalue weighted by Gasteiger charge is -2.23. The van der Waals surface area contributed by atoms with Gasteiger partial charge in [0.15, 0.2) is 5.69 Å². The highest BCUT2D eigenvalue weighted by molar-refractivity contribution is 6.31. The molecule has 1 amide bonds. The zero-order valence-corrected chi connectivity index (χ0v) is 25.0. The fourth-order valence-corrected chi connectivity index (χ4v) is 5.63. The maximum atomic E-state index is 13.7. The zero-order valence-electron chi connectivity index (χ0n) is 24.2. The lowest BCUT2D eigenvalue weighted by Crippen LogP contribution is -2.27. The number of alkyl halides is 3. The SMILES string of the molecule is Cc1ccc2c(c1)NC(=O)[C@H](C)CCC[C@H](n1cnc(-c3cc(Cl)ccc3-n3cc(C(F)(F)F)nn3)cc1=O)c1cc-2ccn1. The van der Waals surface area contributed by atoms with E-state index in [9.17, 15) is 22.8 Å². The van der Waals surface area contributed by atoms with Crippen LogP contribution in [0.15, 0.2) is 78.1 Å². The number of aryl methyl sites for hydroxylation is 1. The van der Waals surface area contributed by atoms with Crippen LogP contribution in [0.4, 0.5) is 18.9 Å². The summed E-state index contributed by atoms with van der Waals surface area (Å²) in [6, 6.07) is 14.9. The molecule has 0 unspecified atom stereocenters. The third-order valence-electron chi connectivity index (χ3n) is 7.87. The fourth-order valence-electron chi connectivity index (χ4n) is 5.46. The molecule has 13 heteroatoms. The summed E-state index contributed by atoms with van der Waals surface area (Å²) >= 11 is 6.24. The van der Waals surface area contributed by atoms with E-state index in [4.69, 9.17) is 11.6 Å². The van der Waals surface area contributed by atoms with Crippen LogP contribution in [0.5, 0.6) is 0 Å². The number of rotatable bonds is 3. The highest BCUT2D eigenvalue weighted by Crippen LogP contribution is 2.34. The summed E-state index contributed by atoms with van der Waals surface area (Å²) in [5, 5.41) is 10.2. The Morgan fingerprint density at radius 1 is 0.978 bits per heavy atom. The minimum atomic E-state index is -4.68. The van der Waals surface area contributed by atoms with Crippen molar-refractivity contribution in [1.29, 1.82) is 0 Å². The third kappa shape index (κ3) is 6.23. The Balaban J connectivity index is 1.42. The van der Waals surface area contributed by atoms with E-state index in [-0.39, 0.29) is 23.2 Å². The summed E-state index contributed by atoms with van der Waals surface area (Å²) < 4.78 is 42.1. The molecule has 0 saturated carbocycles. The van der Waals surface area contributed by atoms with Gasteiger partial charge in [0.1, 0.15) is 0 Å². The molecule has 6 rings (SSSR count). The van der Waals surface area contributed by atoms with Crippen LogP contribution < -0.4 is 10.9 Å². The minimum absolute atomic E-state index is 0.0801. The van der Waals surface area contributed by atoms with Crippen LogP contribution in [0, 0.1) is 12.8 Å². The van der Waals surface area contributed by atoms with Gasteiger partial charge in [0.2, 0.25) is 5.91 Å². The molecule has 9 nitrogen and oxygen atoms in total. The number of carbonyl (C=O) groups excluding carboxylic acids is 1. The van der Waals surface area contributed by atoms with Gasteiger partial charge in [0, 0.05) is 40.0 Å². The van der Waals surface area contributed by atoms with Crippen molar-refractivity contribution in [2.45, 2.75) is 45.3 Å². The molecule has 4 heterocycles. The Kier molecular flexibility index (Phi) is 8.00. The first-order valence-electron chi connectivity index (χ1n) is 14.2. The smallest absolute Gasteiger partial charge is 0.325 e. The Bertz CT molecular complexity index is 1970. The number of hydrogen-bond acceptors (Lipinski definition) is 6. The predicted molar refractivity (Wildman–Crippen MR) is 163 cm³/mol. The second-order valence-electron chi connectivity index (χ2n) is 11.1. The van der Waals surface area contributed by atoms with Crippen LogP contribution in [-0.4, -0.2) is 35.4 Å². The molecule has 0 spiro atoms. The lowest BCUT2D eigenvalue weighted by atomic mass is 9.95. The molecule has 1 N–H and O–H groups in total. The number of halogens is 4. The van der Waals surface area contributed by atoms with Crippen molar-refractivity contribution in [3.8, 4) is 28.1 Å². The van der Waals surface area contributed by atoms with Crippen molar-refractivity contribution >= 4 is 23.2 Å². The first-order valence-corrected chi connectivity index (χ1v) is 14.6. The van der Waals surface area contributed by atoms with Gasteiger partial charge in [-0.3, -0.25) is 19.1 Å². The lowest BCUT2D eigenvalue weighted by molar-refractivity contribution is -0.141. The number of hydrogen-bond donors (Lipinski definition) is 1. The number of fused-ring (bicyclic) bond motifs is 4. The molecule has 5 aromatic rings. The summed E-state index contributed by atoms with van der Waals surface area (Å²) in [6.45, 7) is 3.84. The van der Waals surface area contributed by atoms with Crippen molar-refractivity contribution in [2.75, 3.05) is 5.32 Å². The fraction of sp³-hybridized carbons (Fsp3) is 0.250. The maximum absolute atomic E-state index is 13.7. The number of nitrogens with zero attached hydrogens (tertiary/aromatic N) is 6. The second-order valence-corrected chi connectivity index (χ2v) is 11.5. The largest absolute Gasteiger partial charge is 0.436 e. The number of benzene rings is 2. The Morgan fingerprint density at radius 2 is 1.80 bits per heavy atom. The monoisotopic (exact) mass is 633 g/mol. The topological polar surface area (TPSA) is 108 Å². The van der Waals surface area contributed by atoms with E-state index in [0.717, 1.165) is 27.6 Å². The quantitative estimate of drug-likeness (QED) is 0.232. The molecule has 0 aliphatic carbocycles. The van der Waals surface area contributed by atoms with Crippen LogP contribution in [0.25, 0.3) is 28.1 Å². The molecule has 45 heavy (non-hydrogen) atoms. The summed E-state index contributed by atoms with van der Waals surface area (Å²) in [7, 11) is 0. The van der Waals surface area contributed by atoms with Crippen molar-refractivity contribution in [3.05, 3.63) is 106 Å². The van der Waals surface area contributed by atoms with Crippen LogP contribution in [-0.2, 0) is 11.0 Å². The van der Waals surface area contributed by atoms with Gasteiger partial charge in [-0.15, -0.1) is 5.10 Å². The van der Waals surface area contributed by atoms with Crippen LogP contribution >= 0.6 is 11.6 Å². The van der Waals surface area contributed by atoms with Crippen molar-refractivity contribution in [3.63, 3.8) is 0 Å². The van der Waals surface area contributed by atoms with Crippen LogP contribution in [0.1, 0.15) is 49.2 Å². The molecule has 0 radical (unpaired) electrons. The molecular weight excluding hydrogens is 607 g/mol. The highest BCUT2D eigenvalue weighted by Gasteiger charge is 2.35. The van der Waals surface area contributed by atoms with Crippen molar-refractivity contribution < 1.29 is 18.0 Å². The van der Waals surface area contributed by atoms with Gasteiger partial charge < -0.3 is 5.32 Å². The Labute approximate surface area is 260 Å². The van der Waals surface area contributed by atoms with Gasteiger partial charge in [0.25, 0.3) is 5.56 Å². The van der Waals surface area contributed by atoms with Crippen molar-refractivity contribution in [2.24, 2.45) is 5.92 Å². The summed E-state index contributed by atoms with van der Waals surface area (Å²) in [4.78, 5) is 35.9. The Hall–Kier alpha value is -4.84. The predicted octanol–water partition coefficient (Wildman–Crippen LogP) is 6.88. The van der Waals surface area contributed by atoms with E-state index in [1.165, 1.54) is 35.2 Å². The second kappa shape index (κ2) is 11.9. The maximum Gasteiger partial charge on any atom is 0.436 e. The zero-order chi connectivity index (χ0) is 31.9. The summed E-state index contributed by atoms with van der Waals surface area (Å²) in [5.41, 5.74) is 3.19. The van der Waals surface area contributed by atoms with E-state index < -0.39 is 23.5 Å². The van der Waals surface area contributed by atoms with E-state index in [2.05, 4.69) is 25.6 Å². The standard InChI is InChI=1S/C32H27ClF3N7O2/c1-18-6-8-22-20-10-11-37-26(13-20)28(5-3-4-19(2)31(45)39-25(22)12-18)42-17-38-24(15-30(42)44)23-14-21(33)7-9-27(23)43-16-29(40-41-43)32(34,35)36/h6-17,19,28H,3-5H2,1-2H3,(H,39,45)/t19-,28+/m1/s1. The van der Waals surface area contributed by atoms with Crippen molar-refractivity contribution in [1.82, 2.24) is 29.5 Å². The number of anilines is 1. The normalized spacial score (nSPS) is 17.2. The van der Waals surface area contributed by atoms with E-state index in [0.29, 0.717) is 41.2 Å². The number of aromatic nitrogens is 6. The number of pyridine rings is 1. The Morgan fingerprint density at radius 3 is 2.56 bits per heavy atom. The molecule has 1 aliphatic rings. The molecule has 230 valence electrons. The molecular formula is C32H27ClF3N7O2. The van der Waals surface area contributed by atoms with Crippen LogP contribution in [0.2, 0.25) is 5.02 Å². The first kappa shape index (κ1) is 30.2. The third-order valence-corrected chi connectivity index (χ3v) is 8.10. The number of amides is 1. The van der Waals surface area contributed by atoms with E-state index >= 15 is 0 Å². The van der Waals surface area contributed by atoms with Gasteiger partial charge in [-0.25, -0.2) is 9.67 Å².